The van der Waals surface area contributed by atoms with Gasteiger partial charge in [0.2, 0.25) is 0 Å². The fourth-order valence-electron chi connectivity index (χ4n) is 3.44. The summed E-state index contributed by atoms with van der Waals surface area (Å²) in [6, 6.07) is 8.93. The van der Waals surface area contributed by atoms with Crippen molar-refractivity contribution in [1.29, 1.82) is 0 Å². The number of fused-ring (bicyclic) bond motifs is 1. The smallest absolute Gasteiger partial charge is 0.352 e. The average molecular weight is 425 g/mol. The van der Waals surface area contributed by atoms with Gasteiger partial charge in [0, 0.05) is 30.9 Å². The van der Waals surface area contributed by atoms with E-state index in [0.29, 0.717) is 35.7 Å². The average Bonchev–Trinajstić information content (AvgIpc) is 3.36. The second-order valence-electron chi connectivity index (χ2n) is 6.99. The molecule has 8 heteroatoms. The maximum absolute atomic E-state index is 14.1. The normalized spacial score (nSPS) is 11.1. The Labute approximate surface area is 177 Å². The number of nitrogens with one attached hydrogen (secondary N) is 1. The molecular formula is C22H21FN4O2S. The largest absolute Gasteiger partial charge is 0.477 e. The van der Waals surface area contributed by atoms with E-state index in [1.807, 2.05) is 24.4 Å². The summed E-state index contributed by atoms with van der Waals surface area (Å²) in [5, 5.41) is 15.5. The van der Waals surface area contributed by atoms with Crippen LogP contribution >= 0.6 is 11.3 Å². The molecule has 0 saturated heterocycles. The van der Waals surface area contributed by atoms with Crippen LogP contribution in [0.25, 0.3) is 21.3 Å². The number of aryl methyl sites for hydroxylation is 1. The van der Waals surface area contributed by atoms with Crippen LogP contribution in [0.2, 0.25) is 0 Å². The van der Waals surface area contributed by atoms with Gasteiger partial charge in [-0.05, 0) is 47.4 Å². The summed E-state index contributed by atoms with van der Waals surface area (Å²) in [4.78, 5) is 20.0. The van der Waals surface area contributed by atoms with Crippen LogP contribution in [0.1, 0.15) is 29.4 Å². The molecule has 0 fully saturated rings. The summed E-state index contributed by atoms with van der Waals surface area (Å²) in [5.74, 6) is -0.512. The second-order valence-corrected chi connectivity index (χ2v) is 7.91. The van der Waals surface area contributed by atoms with Gasteiger partial charge in [0.05, 0.1) is 10.4 Å². The topological polar surface area (TPSA) is 80.0 Å². The molecule has 3 aromatic heterocycles. The second kappa shape index (κ2) is 8.62. The van der Waals surface area contributed by atoms with Crippen molar-refractivity contribution >= 4 is 33.2 Å². The van der Waals surface area contributed by atoms with Crippen molar-refractivity contribution in [2.45, 2.75) is 26.3 Å². The Morgan fingerprint density at radius 1 is 1.27 bits per heavy atom. The summed E-state index contributed by atoms with van der Waals surface area (Å²) < 4.78 is 16.6. The highest BCUT2D eigenvalue weighted by Crippen LogP contribution is 2.26. The van der Waals surface area contributed by atoms with Gasteiger partial charge in [0.1, 0.15) is 23.7 Å². The monoisotopic (exact) mass is 424 g/mol. The fourth-order valence-corrected chi connectivity index (χ4v) is 4.23. The molecular weight excluding hydrogens is 403 g/mol. The predicted octanol–water partition coefficient (Wildman–Crippen LogP) is 5.06. The van der Waals surface area contributed by atoms with Gasteiger partial charge in [-0.3, -0.25) is 0 Å². The molecule has 0 amide bonds. The number of benzene rings is 1. The molecule has 2 N–H and O–H groups in total. The highest BCUT2D eigenvalue weighted by molar-refractivity contribution is 7.17. The number of nitrogens with zero attached hydrogens (tertiary/aromatic N) is 3. The summed E-state index contributed by atoms with van der Waals surface area (Å²) >= 11 is 1.40. The van der Waals surface area contributed by atoms with E-state index in [1.165, 1.54) is 17.7 Å². The SMILES string of the molecule is CCCn1cc(-c2cc(NCCc3cc(F)c4sccc4c3)ncn2)cc1C(=O)O. The van der Waals surface area contributed by atoms with Crippen LogP contribution in [-0.2, 0) is 13.0 Å². The molecule has 0 aliphatic heterocycles. The van der Waals surface area contributed by atoms with Crippen LogP contribution in [0.5, 0.6) is 0 Å². The minimum atomic E-state index is -0.961. The highest BCUT2D eigenvalue weighted by atomic mass is 32.1. The third-order valence-electron chi connectivity index (χ3n) is 4.83. The molecule has 0 saturated carbocycles. The molecule has 6 nitrogen and oxygen atoms in total. The van der Waals surface area contributed by atoms with Crippen LogP contribution in [0.4, 0.5) is 10.2 Å². The van der Waals surface area contributed by atoms with E-state index in [-0.39, 0.29) is 11.5 Å². The van der Waals surface area contributed by atoms with Gasteiger partial charge < -0.3 is 15.0 Å². The van der Waals surface area contributed by atoms with Crippen LogP contribution < -0.4 is 5.32 Å². The van der Waals surface area contributed by atoms with Gasteiger partial charge in [0.25, 0.3) is 0 Å². The molecule has 1 aromatic carbocycles. The summed E-state index contributed by atoms with van der Waals surface area (Å²) in [6.45, 7) is 3.21. The number of aromatic carboxylic acids is 1. The third kappa shape index (κ3) is 4.18. The summed E-state index contributed by atoms with van der Waals surface area (Å²) in [6.07, 6.45) is 4.74. The van der Waals surface area contributed by atoms with Gasteiger partial charge in [-0.1, -0.05) is 13.0 Å². The molecule has 0 atom stereocenters. The van der Waals surface area contributed by atoms with Crippen molar-refractivity contribution in [2.75, 3.05) is 11.9 Å². The number of thiophene rings is 1. The zero-order valence-corrected chi connectivity index (χ0v) is 17.2. The number of carboxylic acid groups (broad SMARTS) is 1. The maximum atomic E-state index is 14.1. The molecule has 0 bridgehead atoms. The number of aromatic nitrogens is 3. The maximum Gasteiger partial charge on any atom is 0.352 e. The van der Waals surface area contributed by atoms with Crippen LogP contribution in [0, 0.1) is 5.82 Å². The molecule has 3 heterocycles. The third-order valence-corrected chi connectivity index (χ3v) is 5.77. The van der Waals surface area contributed by atoms with Crippen LogP contribution in [0.15, 0.2) is 48.2 Å². The standard InChI is InChI=1S/C22H21FN4O2S/c1-2-6-27-12-16(10-19(27)22(28)29)18-11-20(26-13-25-18)24-5-3-14-8-15-4-7-30-21(15)17(23)9-14/h4,7-13H,2-3,5-6H2,1H3,(H,28,29)(H,24,25,26). The van der Waals surface area contributed by atoms with E-state index in [9.17, 15) is 14.3 Å². The number of anilines is 1. The number of hydrogen-bond acceptors (Lipinski definition) is 5. The molecule has 30 heavy (non-hydrogen) atoms. The van der Waals surface area contributed by atoms with Crippen molar-refractivity contribution in [2.24, 2.45) is 0 Å². The van der Waals surface area contributed by atoms with E-state index in [2.05, 4.69) is 15.3 Å². The fraction of sp³-hybridized carbons (Fsp3) is 0.227. The van der Waals surface area contributed by atoms with E-state index < -0.39 is 5.97 Å². The highest BCUT2D eigenvalue weighted by Gasteiger charge is 2.14. The lowest BCUT2D eigenvalue weighted by Crippen LogP contribution is -2.07. The molecule has 4 rings (SSSR count). The molecule has 0 radical (unpaired) electrons. The molecule has 0 spiro atoms. The lowest BCUT2D eigenvalue weighted by Gasteiger charge is -2.07. The molecule has 0 aliphatic carbocycles. The van der Waals surface area contributed by atoms with Crippen LogP contribution in [0.3, 0.4) is 0 Å². The number of hydrogen-bond donors (Lipinski definition) is 2. The Kier molecular flexibility index (Phi) is 5.76. The number of carboxylic acids is 1. The lowest BCUT2D eigenvalue weighted by atomic mass is 10.1. The van der Waals surface area contributed by atoms with Crippen molar-refractivity contribution in [3.05, 3.63) is 65.3 Å². The lowest BCUT2D eigenvalue weighted by molar-refractivity contribution is 0.0685. The molecule has 0 aliphatic rings. The van der Waals surface area contributed by atoms with Crippen molar-refractivity contribution < 1.29 is 14.3 Å². The summed E-state index contributed by atoms with van der Waals surface area (Å²) in [7, 11) is 0. The van der Waals surface area contributed by atoms with Crippen molar-refractivity contribution in [3.8, 4) is 11.3 Å². The number of rotatable bonds is 8. The van der Waals surface area contributed by atoms with Crippen molar-refractivity contribution in [3.63, 3.8) is 0 Å². The Hall–Kier alpha value is -3.26. The number of halogens is 1. The Balaban J connectivity index is 1.47. The first-order valence-corrected chi connectivity index (χ1v) is 10.6. The van der Waals surface area contributed by atoms with E-state index in [1.54, 1.807) is 29.0 Å². The van der Waals surface area contributed by atoms with Gasteiger partial charge >= 0.3 is 5.97 Å². The summed E-state index contributed by atoms with van der Waals surface area (Å²) in [5.41, 5.74) is 2.54. The van der Waals surface area contributed by atoms with Gasteiger partial charge in [-0.25, -0.2) is 19.2 Å². The molecule has 0 unspecified atom stereocenters. The van der Waals surface area contributed by atoms with Gasteiger partial charge in [-0.2, -0.15) is 0 Å². The minimum Gasteiger partial charge on any atom is -0.477 e. The van der Waals surface area contributed by atoms with Gasteiger partial charge in [-0.15, -0.1) is 11.3 Å². The van der Waals surface area contributed by atoms with Crippen LogP contribution in [-0.4, -0.2) is 32.2 Å². The first-order chi connectivity index (χ1) is 14.5. The van der Waals surface area contributed by atoms with E-state index >= 15 is 0 Å². The van der Waals surface area contributed by atoms with E-state index in [0.717, 1.165) is 22.9 Å². The number of carbonyl (C=O) groups is 1. The zero-order chi connectivity index (χ0) is 21.1. The molecule has 154 valence electrons. The van der Waals surface area contributed by atoms with Crippen molar-refractivity contribution in [1.82, 2.24) is 14.5 Å². The van der Waals surface area contributed by atoms with Gasteiger partial charge in [0.15, 0.2) is 0 Å². The minimum absolute atomic E-state index is 0.187. The first-order valence-electron chi connectivity index (χ1n) is 9.70. The first kappa shape index (κ1) is 20.0. The van der Waals surface area contributed by atoms with E-state index in [4.69, 9.17) is 0 Å². The zero-order valence-electron chi connectivity index (χ0n) is 16.4. The predicted molar refractivity (Wildman–Crippen MR) is 117 cm³/mol. The Morgan fingerprint density at radius 2 is 2.13 bits per heavy atom. The Morgan fingerprint density at radius 3 is 2.93 bits per heavy atom. The molecule has 4 aromatic rings. The Bertz CT molecular complexity index is 1200. The quantitative estimate of drug-likeness (QED) is 0.413.